The summed E-state index contributed by atoms with van der Waals surface area (Å²) in [5.41, 5.74) is 1.86. The van der Waals surface area contributed by atoms with Crippen LogP contribution < -0.4 is 5.32 Å². The second kappa shape index (κ2) is 7.10. The first kappa shape index (κ1) is 17.2. The summed E-state index contributed by atoms with van der Waals surface area (Å²) in [6.45, 7) is 3.78. The van der Waals surface area contributed by atoms with Crippen molar-refractivity contribution in [2.24, 2.45) is 5.92 Å². The van der Waals surface area contributed by atoms with E-state index in [1.807, 2.05) is 6.92 Å². The lowest BCUT2D eigenvalue weighted by Gasteiger charge is -2.18. The summed E-state index contributed by atoms with van der Waals surface area (Å²) in [5.74, 6) is -1.20. The molecule has 8 heteroatoms. The van der Waals surface area contributed by atoms with Crippen LogP contribution in [0.3, 0.4) is 0 Å². The zero-order valence-electron chi connectivity index (χ0n) is 13.9. The molecule has 0 spiro atoms. The van der Waals surface area contributed by atoms with Gasteiger partial charge in [-0.1, -0.05) is 11.3 Å². The number of ether oxygens (including phenoxy) is 1. The lowest BCUT2D eigenvalue weighted by molar-refractivity contribution is 0.0792. The van der Waals surface area contributed by atoms with Gasteiger partial charge in [0.25, 0.3) is 0 Å². The molecule has 0 bridgehead atoms. The SMILES string of the molecule is CCOC(=O)Nc1nc2c(s1)C(=O)C(C(=O)c1ccc(C)nc1)CC2. The van der Waals surface area contributed by atoms with Crippen molar-refractivity contribution in [2.75, 3.05) is 11.9 Å². The van der Waals surface area contributed by atoms with Gasteiger partial charge in [-0.3, -0.25) is 19.9 Å². The number of carbonyl (C=O) groups excluding carboxylic acids is 3. The van der Waals surface area contributed by atoms with Crippen LogP contribution in [0.4, 0.5) is 9.93 Å². The largest absolute Gasteiger partial charge is 0.450 e. The summed E-state index contributed by atoms with van der Waals surface area (Å²) < 4.78 is 4.80. The minimum atomic E-state index is -0.729. The van der Waals surface area contributed by atoms with Gasteiger partial charge in [-0.15, -0.1) is 0 Å². The molecule has 0 fully saturated rings. The van der Waals surface area contributed by atoms with Crippen LogP contribution in [0.15, 0.2) is 18.3 Å². The second-order valence-corrected chi connectivity index (χ2v) is 6.65. The maximum atomic E-state index is 12.7. The molecule has 0 aromatic carbocycles. The lowest BCUT2D eigenvalue weighted by Crippen LogP contribution is -2.28. The molecule has 2 aromatic rings. The number of pyridine rings is 1. The molecule has 1 unspecified atom stereocenters. The van der Waals surface area contributed by atoms with Gasteiger partial charge in [-0.25, -0.2) is 9.78 Å². The Morgan fingerprint density at radius 1 is 1.40 bits per heavy atom. The van der Waals surface area contributed by atoms with E-state index < -0.39 is 12.0 Å². The second-order valence-electron chi connectivity index (χ2n) is 5.65. The van der Waals surface area contributed by atoms with Crippen LogP contribution in [-0.2, 0) is 11.2 Å². The Morgan fingerprint density at radius 2 is 2.20 bits per heavy atom. The van der Waals surface area contributed by atoms with Crippen molar-refractivity contribution in [3.05, 3.63) is 40.2 Å². The predicted octanol–water partition coefficient (Wildman–Crippen LogP) is 3.04. The Morgan fingerprint density at radius 3 is 2.88 bits per heavy atom. The van der Waals surface area contributed by atoms with Crippen LogP contribution in [0.1, 0.15) is 44.8 Å². The quantitative estimate of drug-likeness (QED) is 0.665. The van der Waals surface area contributed by atoms with Gasteiger partial charge in [0, 0.05) is 17.5 Å². The van der Waals surface area contributed by atoms with Gasteiger partial charge in [0.2, 0.25) is 0 Å². The number of nitrogens with one attached hydrogen (secondary N) is 1. The highest BCUT2D eigenvalue weighted by Crippen LogP contribution is 2.33. The fourth-order valence-electron chi connectivity index (χ4n) is 2.66. The van der Waals surface area contributed by atoms with Crippen molar-refractivity contribution < 1.29 is 19.1 Å². The predicted molar refractivity (Wildman–Crippen MR) is 92.2 cm³/mol. The maximum Gasteiger partial charge on any atom is 0.413 e. The Kier molecular flexibility index (Phi) is 4.89. The number of carbonyl (C=O) groups is 3. The molecule has 1 aliphatic carbocycles. The van der Waals surface area contributed by atoms with E-state index in [-0.39, 0.29) is 18.2 Å². The molecule has 2 heterocycles. The number of Topliss-reactive ketones (excluding diaryl/α,β-unsaturated/α-hetero) is 2. The first-order valence-electron chi connectivity index (χ1n) is 7.94. The van der Waals surface area contributed by atoms with E-state index in [0.29, 0.717) is 34.1 Å². The van der Waals surface area contributed by atoms with Gasteiger partial charge in [0.05, 0.1) is 23.1 Å². The Balaban J connectivity index is 1.79. The number of anilines is 1. The molecule has 1 N–H and O–H groups in total. The number of amides is 1. The van der Waals surface area contributed by atoms with Crippen LogP contribution in [0.25, 0.3) is 0 Å². The number of fused-ring (bicyclic) bond motifs is 1. The average molecular weight is 359 g/mol. The average Bonchev–Trinajstić information content (AvgIpc) is 2.99. The third-order valence-electron chi connectivity index (χ3n) is 3.90. The van der Waals surface area contributed by atoms with Crippen LogP contribution in [0.5, 0.6) is 0 Å². The van der Waals surface area contributed by atoms with E-state index in [9.17, 15) is 14.4 Å². The number of aromatic nitrogens is 2. The molecule has 0 radical (unpaired) electrons. The van der Waals surface area contributed by atoms with Gasteiger partial charge in [0.1, 0.15) is 0 Å². The van der Waals surface area contributed by atoms with E-state index >= 15 is 0 Å². The molecule has 0 saturated carbocycles. The molecule has 3 rings (SSSR count). The van der Waals surface area contributed by atoms with Crippen molar-refractivity contribution in [1.29, 1.82) is 0 Å². The summed E-state index contributed by atoms with van der Waals surface area (Å²) in [7, 11) is 0. The number of aryl methyl sites for hydroxylation is 2. The molecule has 1 atom stereocenters. The molecule has 1 aliphatic rings. The number of hydrogen-bond donors (Lipinski definition) is 1. The zero-order chi connectivity index (χ0) is 18.0. The highest BCUT2D eigenvalue weighted by atomic mass is 32.1. The van der Waals surface area contributed by atoms with E-state index in [2.05, 4.69) is 15.3 Å². The van der Waals surface area contributed by atoms with Crippen molar-refractivity contribution in [3.8, 4) is 0 Å². The molecule has 0 aliphatic heterocycles. The smallest absolute Gasteiger partial charge is 0.413 e. The number of thiazole rings is 1. The first-order chi connectivity index (χ1) is 12.0. The Hall–Kier alpha value is -2.61. The minimum absolute atomic E-state index is 0.226. The number of hydrogen-bond acceptors (Lipinski definition) is 7. The highest BCUT2D eigenvalue weighted by molar-refractivity contribution is 7.17. The van der Waals surface area contributed by atoms with Crippen LogP contribution >= 0.6 is 11.3 Å². The van der Waals surface area contributed by atoms with Crippen molar-refractivity contribution in [3.63, 3.8) is 0 Å². The standard InChI is InChI=1S/C17H17N3O4S/c1-3-24-17(23)20-16-19-12-7-6-11(14(22)15(12)25-16)13(21)10-5-4-9(2)18-8-10/h4-5,8,11H,3,6-7H2,1-2H3,(H,19,20,23). The molecule has 1 amide bonds. The molecule has 25 heavy (non-hydrogen) atoms. The first-order valence-corrected chi connectivity index (χ1v) is 8.75. The van der Waals surface area contributed by atoms with Crippen molar-refractivity contribution in [2.45, 2.75) is 26.7 Å². The lowest BCUT2D eigenvalue weighted by atomic mass is 9.84. The molecular weight excluding hydrogens is 342 g/mol. The normalized spacial score (nSPS) is 16.2. The summed E-state index contributed by atoms with van der Waals surface area (Å²) in [6, 6.07) is 3.44. The summed E-state index contributed by atoms with van der Waals surface area (Å²) in [5, 5.41) is 2.81. The van der Waals surface area contributed by atoms with Crippen LogP contribution in [0, 0.1) is 12.8 Å². The maximum absolute atomic E-state index is 12.7. The van der Waals surface area contributed by atoms with Crippen molar-refractivity contribution in [1.82, 2.24) is 9.97 Å². The molecule has 0 saturated heterocycles. The van der Waals surface area contributed by atoms with Gasteiger partial charge >= 0.3 is 6.09 Å². The summed E-state index contributed by atoms with van der Waals surface area (Å²) in [6.07, 6.45) is 1.80. The van der Waals surface area contributed by atoms with Crippen LogP contribution in [0.2, 0.25) is 0 Å². The van der Waals surface area contributed by atoms with Gasteiger partial charge in [0.15, 0.2) is 16.7 Å². The zero-order valence-corrected chi connectivity index (χ0v) is 14.7. The summed E-state index contributed by atoms with van der Waals surface area (Å²) in [4.78, 5) is 45.6. The third-order valence-corrected chi connectivity index (χ3v) is 4.93. The summed E-state index contributed by atoms with van der Waals surface area (Å²) >= 11 is 1.08. The number of nitrogens with zero attached hydrogens (tertiary/aromatic N) is 2. The third kappa shape index (κ3) is 3.58. The molecule has 2 aromatic heterocycles. The monoisotopic (exact) mass is 359 g/mol. The van der Waals surface area contributed by atoms with E-state index in [0.717, 1.165) is 17.0 Å². The molecular formula is C17H17N3O4S. The topological polar surface area (TPSA) is 98.2 Å². The Bertz CT molecular complexity index is 829. The fourth-order valence-corrected chi connectivity index (χ4v) is 3.65. The van der Waals surface area contributed by atoms with Gasteiger partial charge < -0.3 is 4.74 Å². The fraction of sp³-hybridized carbons (Fsp3) is 0.353. The molecule has 7 nitrogen and oxygen atoms in total. The van der Waals surface area contributed by atoms with Gasteiger partial charge in [-0.2, -0.15) is 0 Å². The Labute approximate surface area is 148 Å². The number of ketones is 2. The molecule has 130 valence electrons. The van der Waals surface area contributed by atoms with E-state index in [1.54, 1.807) is 19.1 Å². The van der Waals surface area contributed by atoms with Crippen molar-refractivity contribution >= 4 is 34.1 Å². The highest BCUT2D eigenvalue weighted by Gasteiger charge is 2.36. The van der Waals surface area contributed by atoms with E-state index in [1.165, 1.54) is 6.20 Å². The van der Waals surface area contributed by atoms with E-state index in [4.69, 9.17) is 4.74 Å². The van der Waals surface area contributed by atoms with Crippen LogP contribution in [-0.4, -0.2) is 34.2 Å². The van der Waals surface area contributed by atoms with Gasteiger partial charge in [-0.05, 0) is 38.8 Å². The minimum Gasteiger partial charge on any atom is -0.450 e. The number of rotatable bonds is 4.